The van der Waals surface area contributed by atoms with Gasteiger partial charge in [-0.15, -0.1) is 0 Å². The molecule has 0 fully saturated rings. The number of ether oxygens (including phenoxy) is 1. The fourth-order valence-corrected chi connectivity index (χ4v) is 2.34. The molecule has 1 N–H and O–H groups in total. The molecule has 19 heavy (non-hydrogen) atoms. The van der Waals surface area contributed by atoms with Crippen LogP contribution in [0.5, 0.6) is 5.75 Å². The van der Waals surface area contributed by atoms with Gasteiger partial charge in [0.1, 0.15) is 11.6 Å². The van der Waals surface area contributed by atoms with Gasteiger partial charge in [0, 0.05) is 24.1 Å². The topological polar surface area (TPSA) is 55.2 Å². The first-order valence-electron chi connectivity index (χ1n) is 6.48. The number of fused-ring (bicyclic) bond motifs is 1. The Morgan fingerprint density at radius 3 is 3.00 bits per heavy atom. The fraction of sp³-hybridized carbons (Fsp3) is 0.333. The van der Waals surface area contributed by atoms with Crippen LogP contribution in [0.2, 0.25) is 0 Å². The van der Waals surface area contributed by atoms with Gasteiger partial charge < -0.3 is 9.84 Å². The molecule has 1 aromatic heterocycles. The summed E-state index contributed by atoms with van der Waals surface area (Å²) in [6.07, 6.45) is 1.44. The first-order chi connectivity index (χ1) is 9.26. The van der Waals surface area contributed by atoms with Gasteiger partial charge in [0.2, 0.25) is 0 Å². The van der Waals surface area contributed by atoms with Crippen LogP contribution in [0.15, 0.2) is 24.3 Å². The van der Waals surface area contributed by atoms with Crippen molar-refractivity contribution in [2.45, 2.75) is 19.8 Å². The molecule has 98 valence electrons. The zero-order valence-electron chi connectivity index (χ0n) is 10.9. The summed E-state index contributed by atoms with van der Waals surface area (Å²) in [5, 5.41) is 9.00. The Bertz CT molecular complexity index is 611. The molecule has 0 aliphatic carbocycles. The van der Waals surface area contributed by atoms with Crippen LogP contribution < -0.4 is 4.74 Å². The van der Waals surface area contributed by atoms with Gasteiger partial charge in [-0.25, -0.2) is 9.97 Å². The third-order valence-corrected chi connectivity index (χ3v) is 3.22. The summed E-state index contributed by atoms with van der Waals surface area (Å²) in [5.41, 5.74) is 4.14. The van der Waals surface area contributed by atoms with Crippen molar-refractivity contribution < 1.29 is 9.84 Å². The lowest BCUT2D eigenvalue weighted by Crippen LogP contribution is -2.01. The van der Waals surface area contributed by atoms with Crippen molar-refractivity contribution in [1.29, 1.82) is 0 Å². The van der Waals surface area contributed by atoms with E-state index < -0.39 is 0 Å². The van der Waals surface area contributed by atoms with E-state index in [9.17, 15) is 0 Å². The van der Waals surface area contributed by atoms with Gasteiger partial charge >= 0.3 is 0 Å². The van der Waals surface area contributed by atoms with Crippen LogP contribution in [0.3, 0.4) is 0 Å². The second-order valence-corrected chi connectivity index (χ2v) is 4.71. The minimum Gasteiger partial charge on any atom is -0.493 e. The normalized spacial score (nSPS) is 13.2. The average Bonchev–Trinajstić information content (AvgIpc) is 2.85. The first kappa shape index (κ1) is 12.1. The number of rotatable bonds is 3. The van der Waals surface area contributed by atoms with Crippen molar-refractivity contribution in [3.63, 3.8) is 0 Å². The highest BCUT2D eigenvalue weighted by Crippen LogP contribution is 2.29. The Morgan fingerprint density at radius 1 is 1.26 bits per heavy atom. The van der Waals surface area contributed by atoms with E-state index in [0.29, 0.717) is 12.2 Å². The summed E-state index contributed by atoms with van der Waals surface area (Å²) in [5.74, 6) is 1.67. The SMILES string of the molecule is Cc1cc(-c2ccc3c(c2)CCO3)nc(CCO)n1. The summed E-state index contributed by atoms with van der Waals surface area (Å²) < 4.78 is 5.51. The average molecular weight is 256 g/mol. The second kappa shape index (κ2) is 4.97. The van der Waals surface area contributed by atoms with E-state index in [4.69, 9.17) is 9.84 Å². The minimum absolute atomic E-state index is 0.0704. The number of benzene rings is 1. The predicted octanol–water partition coefficient (Wildman–Crippen LogP) is 1.92. The van der Waals surface area contributed by atoms with Gasteiger partial charge in [-0.2, -0.15) is 0 Å². The second-order valence-electron chi connectivity index (χ2n) is 4.71. The van der Waals surface area contributed by atoms with E-state index in [1.807, 2.05) is 25.1 Å². The van der Waals surface area contributed by atoms with Gasteiger partial charge in [0.15, 0.2) is 0 Å². The molecule has 2 heterocycles. The van der Waals surface area contributed by atoms with Crippen molar-refractivity contribution in [3.8, 4) is 17.0 Å². The van der Waals surface area contributed by atoms with E-state index in [1.54, 1.807) is 0 Å². The molecule has 0 amide bonds. The number of aromatic nitrogens is 2. The number of aliphatic hydroxyl groups excluding tert-OH is 1. The quantitative estimate of drug-likeness (QED) is 0.911. The van der Waals surface area contributed by atoms with Crippen molar-refractivity contribution >= 4 is 0 Å². The van der Waals surface area contributed by atoms with Gasteiger partial charge in [0.05, 0.1) is 18.9 Å². The fourth-order valence-electron chi connectivity index (χ4n) is 2.34. The molecule has 2 aromatic rings. The van der Waals surface area contributed by atoms with Gasteiger partial charge in [0.25, 0.3) is 0 Å². The number of aryl methyl sites for hydroxylation is 1. The van der Waals surface area contributed by atoms with Gasteiger partial charge in [-0.3, -0.25) is 0 Å². The molecule has 1 aromatic carbocycles. The van der Waals surface area contributed by atoms with Crippen LogP contribution in [0, 0.1) is 6.92 Å². The summed E-state index contributed by atoms with van der Waals surface area (Å²) in [6.45, 7) is 2.78. The Labute approximate surface area is 112 Å². The maximum Gasteiger partial charge on any atom is 0.131 e. The monoisotopic (exact) mass is 256 g/mol. The highest BCUT2D eigenvalue weighted by Gasteiger charge is 2.13. The molecule has 4 heteroatoms. The standard InChI is InChI=1S/C15H16N2O2/c1-10-8-13(17-15(16-10)4-6-18)11-2-3-14-12(9-11)5-7-19-14/h2-3,8-9,18H,4-7H2,1H3. The van der Waals surface area contributed by atoms with E-state index in [-0.39, 0.29) is 6.61 Å². The molecular formula is C15H16N2O2. The van der Waals surface area contributed by atoms with Crippen molar-refractivity contribution in [1.82, 2.24) is 9.97 Å². The third kappa shape index (κ3) is 2.44. The molecule has 0 spiro atoms. The zero-order valence-corrected chi connectivity index (χ0v) is 10.9. The molecule has 3 rings (SSSR count). The molecule has 4 nitrogen and oxygen atoms in total. The number of aliphatic hydroxyl groups is 1. The molecule has 0 saturated carbocycles. The highest BCUT2D eigenvalue weighted by molar-refractivity contribution is 5.63. The van der Waals surface area contributed by atoms with Crippen LogP contribution in [-0.2, 0) is 12.8 Å². The van der Waals surface area contributed by atoms with E-state index in [2.05, 4.69) is 16.0 Å². The first-order valence-corrected chi connectivity index (χ1v) is 6.48. The number of hydrogen-bond acceptors (Lipinski definition) is 4. The smallest absolute Gasteiger partial charge is 0.131 e. The van der Waals surface area contributed by atoms with Crippen LogP contribution in [0.1, 0.15) is 17.1 Å². The van der Waals surface area contributed by atoms with Crippen molar-refractivity contribution in [2.75, 3.05) is 13.2 Å². The highest BCUT2D eigenvalue weighted by atomic mass is 16.5. The summed E-state index contributed by atoms with van der Waals surface area (Å²) in [7, 11) is 0. The molecule has 0 bridgehead atoms. The molecule has 0 unspecified atom stereocenters. The van der Waals surface area contributed by atoms with Crippen molar-refractivity contribution in [2.24, 2.45) is 0 Å². The Morgan fingerprint density at radius 2 is 2.16 bits per heavy atom. The molecule has 1 aliphatic rings. The zero-order chi connectivity index (χ0) is 13.2. The lowest BCUT2D eigenvalue weighted by Gasteiger charge is -2.07. The largest absolute Gasteiger partial charge is 0.493 e. The van der Waals surface area contributed by atoms with E-state index in [1.165, 1.54) is 5.56 Å². The lowest BCUT2D eigenvalue weighted by atomic mass is 10.1. The minimum atomic E-state index is 0.0704. The van der Waals surface area contributed by atoms with Crippen LogP contribution in [0.25, 0.3) is 11.3 Å². The Hall–Kier alpha value is -1.94. The van der Waals surface area contributed by atoms with Gasteiger partial charge in [-0.1, -0.05) is 0 Å². The van der Waals surface area contributed by atoms with Gasteiger partial charge in [-0.05, 0) is 36.8 Å². The molecule has 0 radical (unpaired) electrons. The predicted molar refractivity (Wildman–Crippen MR) is 72.2 cm³/mol. The third-order valence-electron chi connectivity index (χ3n) is 3.22. The Balaban J connectivity index is 2.01. The maximum atomic E-state index is 9.00. The lowest BCUT2D eigenvalue weighted by molar-refractivity contribution is 0.296. The maximum absolute atomic E-state index is 9.00. The molecular weight excluding hydrogens is 240 g/mol. The van der Waals surface area contributed by atoms with E-state index >= 15 is 0 Å². The van der Waals surface area contributed by atoms with Crippen LogP contribution >= 0.6 is 0 Å². The Kier molecular flexibility index (Phi) is 3.17. The summed E-state index contributed by atoms with van der Waals surface area (Å²) in [4.78, 5) is 8.83. The molecule has 0 atom stereocenters. The number of nitrogens with zero attached hydrogens (tertiary/aromatic N) is 2. The molecule has 1 aliphatic heterocycles. The number of hydrogen-bond donors (Lipinski definition) is 1. The van der Waals surface area contributed by atoms with E-state index in [0.717, 1.165) is 35.7 Å². The van der Waals surface area contributed by atoms with Crippen LogP contribution in [0.4, 0.5) is 0 Å². The van der Waals surface area contributed by atoms with Crippen LogP contribution in [-0.4, -0.2) is 28.3 Å². The summed E-state index contributed by atoms with van der Waals surface area (Å²) in [6, 6.07) is 8.13. The van der Waals surface area contributed by atoms with Crippen molar-refractivity contribution in [3.05, 3.63) is 41.3 Å². The summed E-state index contributed by atoms with van der Waals surface area (Å²) >= 11 is 0. The molecule has 0 saturated heterocycles.